The van der Waals surface area contributed by atoms with Gasteiger partial charge in [-0.3, -0.25) is 4.90 Å². The number of nitrogens with zero attached hydrogens (tertiary/aromatic N) is 3. The highest BCUT2D eigenvalue weighted by Crippen LogP contribution is 2.45. The predicted octanol–water partition coefficient (Wildman–Crippen LogP) is 25.2. The van der Waals surface area contributed by atoms with E-state index in [-0.39, 0.29) is 19.8 Å². The molecule has 5 N–H and O–H groups in total. The summed E-state index contributed by atoms with van der Waals surface area (Å²) in [7, 11) is 14.8. The van der Waals surface area contributed by atoms with E-state index >= 15 is 0 Å². The summed E-state index contributed by atoms with van der Waals surface area (Å²) in [5.74, 6) is 4.98. The van der Waals surface area contributed by atoms with Crippen LogP contribution in [0, 0.1) is 19.8 Å². The lowest BCUT2D eigenvalue weighted by Gasteiger charge is -2.32. The van der Waals surface area contributed by atoms with Crippen LogP contribution in [-0.4, -0.2) is 123 Å². The van der Waals surface area contributed by atoms with Gasteiger partial charge in [-0.05, 0) is 242 Å². The summed E-state index contributed by atoms with van der Waals surface area (Å²) in [6, 6.07) is 29.3. The minimum absolute atomic E-state index is 0.0252. The molecule has 3 heterocycles. The van der Waals surface area contributed by atoms with Crippen molar-refractivity contribution in [3.05, 3.63) is 146 Å². The number of likely N-dealkylation sites (N-methyl/N-ethyl adjacent to an activating group) is 3. The zero-order valence-corrected chi connectivity index (χ0v) is 76.3. The molecule has 0 fully saturated rings. The summed E-state index contributed by atoms with van der Waals surface area (Å²) >= 11 is 0. The number of β-amino-alcohol motifs (C(OH)–C–C–N with tert-alkyl or cyclic N) is 1. The molecule has 3 aliphatic heterocycles. The van der Waals surface area contributed by atoms with E-state index in [2.05, 4.69) is 165 Å². The third-order valence-corrected chi connectivity index (χ3v) is 18.5. The molecule has 0 radical (unpaired) electrons. The van der Waals surface area contributed by atoms with Crippen LogP contribution in [0.1, 0.15) is 278 Å². The number of hydrogen-bond acceptors (Lipinski definition) is 13. The highest BCUT2D eigenvalue weighted by molar-refractivity contribution is 6.14. The van der Waals surface area contributed by atoms with Crippen molar-refractivity contribution in [2.75, 3.05) is 82.9 Å². The zero-order chi connectivity index (χ0) is 84.9. The molecule has 0 bridgehead atoms. The summed E-state index contributed by atoms with van der Waals surface area (Å²) < 4.78 is 27.6. The van der Waals surface area contributed by atoms with Crippen LogP contribution in [0.3, 0.4) is 0 Å². The quantitative estimate of drug-likeness (QED) is 0.0696. The SMILES string of the molecule is CC.CC.CC.CC.CC.CC.CC.CC.CCC(C)C.CCCC.CCCC.CCCCO.COc1cc2c3c(c4cc(OC)c(C)cc4c2cc1C)C(O)CN(C)C3.COc1cc2c3c(c4ccc(CO)cc4c2cc1CO)CN(C)CC3.COc1ccc2c(c1)c1c(c3cc(OC)c(CO)cc32)CCN(C)C1. The van der Waals surface area contributed by atoms with Gasteiger partial charge in [-0.25, -0.2) is 0 Å². The van der Waals surface area contributed by atoms with Gasteiger partial charge in [0, 0.05) is 57.0 Å². The number of benzene rings is 9. The van der Waals surface area contributed by atoms with Gasteiger partial charge < -0.3 is 59.0 Å². The Morgan fingerprint density at radius 2 is 0.727 bits per heavy atom. The molecule has 0 spiro atoms. The maximum Gasteiger partial charge on any atom is 0.125 e. The van der Waals surface area contributed by atoms with Crippen molar-refractivity contribution < 1.29 is 49.2 Å². The van der Waals surface area contributed by atoms with E-state index in [1.54, 1.807) is 35.5 Å². The molecule has 3 aliphatic rings. The Labute approximate surface area is 672 Å². The van der Waals surface area contributed by atoms with Gasteiger partial charge in [-0.1, -0.05) is 223 Å². The number of aliphatic hydroxyl groups excluding tert-OH is 5. The predicted molar refractivity (Wildman–Crippen MR) is 485 cm³/mol. The van der Waals surface area contributed by atoms with Gasteiger partial charge in [-0.15, -0.1) is 0 Å². The fraction of sp³-hybridized carbons (Fsp3) is 0.567. The van der Waals surface area contributed by atoms with Crippen LogP contribution in [0.4, 0.5) is 0 Å². The Kier molecular flexibility index (Phi) is 60.3. The molecule has 0 aromatic heterocycles. The van der Waals surface area contributed by atoms with Crippen molar-refractivity contribution in [1.82, 2.24) is 14.7 Å². The molecule has 1 atom stereocenters. The Balaban J connectivity index is -0.00000130. The summed E-state index contributed by atoms with van der Waals surface area (Å²) in [4.78, 5) is 6.86. The number of aryl methyl sites for hydroxylation is 2. The number of hydrogen-bond donors (Lipinski definition) is 5. The van der Waals surface area contributed by atoms with Crippen LogP contribution < -0.4 is 23.7 Å². The first-order valence-electron chi connectivity index (χ1n) is 42.2. The molecule has 13 heteroatoms. The average molecular weight is 1530 g/mol. The van der Waals surface area contributed by atoms with Crippen molar-refractivity contribution in [2.45, 2.75) is 283 Å². The molecule has 13 nitrogen and oxygen atoms in total. The number of rotatable bonds is 13. The van der Waals surface area contributed by atoms with Crippen LogP contribution >= 0.6 is 0 Å². The molecule has 110 heavy (non-hydrogen) atoms. The maximum atomic E-state index is 10.9. The van der Waals surface area contributed by atoms with Gasteiger partial charge in [0.15, 0.2) is 0 Å². The largest absolute Gasteiger partial charge is 0.497 e. The molecular weight excluding hydrogens is 1370 g/mol. The fourth-order valence-electron chi connectivity index (χ4n) is 12.5. The monoisotopic (exact) mass is 1530 g/mol. The fourth-order valence-corrected chi connectivity index (χ4v) is 12.5. The van der Waals surface area contributed by atoms with E-state index in [0.717, 1.165) is 153 Å². The average Bonchev–Trinajstić information content (AvgIpc) is 0.745. The van der Waals surface area contributed by atoms with Crippen LogP contribution in [0.2, 0.25) is 0 Å². The lowest BCUT2D eigenvalue weighted by molar-refractivity contribution is 0.110. The summed E-state index contributed by atoms with van der Waals surface area (Å²) in [5, 5.41) is 62.1. The van der Waals surface area contributed by atoms with E-state index in [9.17, 15) is 20.4 Å². The second kappa shape index (κ2) is 61.8. The smallest absolute Gasteiger partial charge is 0.125 e. The lowest BCUT2D eigenvalue weighted by atomic mass is 9.85. The van der Waals surface area contributed by atoms with Crippen molar-refractivity contribution in [2.24, 2.45) is 5.92 Å². The van der Waals surface area contributed by atoms with Crippen LogP contribution in [0.25, 0.3) is 64.6 Å². The van der Waals surface area contributed by atoms with Crippen LogP contribution in [0.15, 0.2) is 84.9 Å². The molecule has 9 aromatic rings. The molecular formula is C97H161N3O10. The Hall–Kier alpha value is -6.78. The normalized spacial score (nSPS) is 12.7. The first-order valence-corrected chi connectivity index (χ1v) is 42.2. The van der Waals surface area contributed by atoms with Gasteiger partial charge in [0.05, 0.1) is 61.5 Å². The van der Waals surface area contributed by atoms with Crippen LogP contribution in [-0.2, 0) is 52.3 Å². The first-order chi connectivity index (χ1) is 53.3. The van der Waals surface area contributed by atoms with Crippen molar-refractivity contribution >= 4 is 64.6 Å². The summed E-state index contributed by atoms with van der Waals surface area (Å²) in [5.41, 5.74) is 12.4. The maximum absolute atomic E-state index is 10.9. The summed E-state index contributed by atoms with van der Waals surface area (Å²) in [6.45, 7) is 59.2. The molecule has 12 rings (SSSR count). The van der Waals surface area contributed by atoms with E-state index in [1.807, 2.05) is 136 Å². The molecule has 0 amide bonds. The topological polar surface area (TPSA) is 157 Å². The number of fused-ring (bicyclic) bond motifs is 18. The van der Waals surface area contributed by atoms with Crippen LogP contribution in [0.5, 0.6) is 28.7 Å². The molecule has 0 saturated carbocycles. The highest BCUT2D eigenvalue weighted by Gasteiger charge is 2.29. The third-order valence-electron chi connectivity index (χ3n) is 18.5. The second-order valence-corrected chi connectivity index (χ2v) is 25.8. The molecule has 0 aliphatic carbocycles. The zero-order valence-electron chi connectivity index (χ0n) is 76.3. The van der Waals surface area contributed by atoms with Crippen molar-refractivity contribution in [1.29, 1.82) is 0 Å². The van der Waals surface area contributed by atoms with E-state index in [4.69, 9.17) is 28.8 Å². The van der Waals surface area contributed by atoms with Crippen molar-refractivity contribution in [3.63, 3.8) is 0 Å². The number of ether oxygens (including phenoxy) is 5. The van der Waals surface area contributed by atoms with Gasteiger partial charge in [0.2, 0.25) is 0 Å². The number of unbranched alkanes of at least 4 members (excludes halogenated alkanes) is 3. The molecule has 1 unspecified atom stereocenters. The second-order valence-electron chi connectivity index (χ2n) is 25.8. The lowest BCUT2D eigenvalue weighted by Crippen LogP contribution is -2.30. The van der Waals surface area contributed by atoms with E-state index in [1.165, 1.54) is 97.6 Å². The highest BCUT2D eigenvalue weighted by atomic mass is 16.5. The van der Waals surface area contributed by atoms with Gasteiger partial charge in [0.1, 0.15) is 28.7 Å². The first kappa shape index (κ1) is 107. The minimum Gasteiger partial charge on any atom is -0.497 e. The Morgan fingerprint density at radius 1 is 0.373 bits per heavy atom. The van der Waals surface area contributed by atoms with Crippen molar-refractivity contribution in [3.8, 4) is 28.7 Å². The van der Waals surface area contributed by atoms with Gasteiger partial charge in [-0.2, -0.15) is 0 Å². The third kappa shape index (κ3) is 30.3. The standard InChI is InChI=1S/C22H25NO3.2C21H23NO3.C5H12.C4H10O.2C4H10.8C2H6/c1-12-6-14-15-7-13(2)21(26-5)9-17(15)22-18(10-23(3)11-19(22)24)16(14)8-20(12)25-4;1-22-7-6-16-19-10-21(25-3)13(12-23)8-17(19)15-5-4-14(24-2)9-18(15)20(16)11-22;1-22-6-5-16-19-9-21(25-2)14(12-24)8-18(19)17-7-13(11-23)3-4-15(17)20(16)10-22;1-4-5(2)3;1-2-3-4-5;2*1-3-4-2;8*1-2/h6-9,19,24H,10-11H2,1-5H3;4-5,8-10,23H,6-7,11-12H2,1-3H3;3-4,7-9,23-24H,5-6,10-12H2,1-2H3;5H,4H2,1-3H3;5H,2-4H2,1H3;2*3-4H2,1-2H3;8*1-2H3. The number of aliphatic hydroxyl groups is 5. The van der Waals surface area contributed by atoms with E-state index in [0.29, 0.717) is 13.2 Å². The van der Waals surface area contributed by atoms with Gasteiger partial charge >= 0.3 is 0 Å². The molecule has 0 saturated heterocycles. The van der Waals surface area contributed by atoms with Gasteiger partial charge in [0.25, 0.3) is 0 Å². The van der Waals surface area contributed by atoms with E-state index < -0.39 is 6.10 Å². The minimum atomic E-state index is -0.518. The molecule has 9 aromatic carbocycles. The molecule has 624 valence electrons. The Morgan fingerprint density at radius 3 is 1.10 bits per heavy atom. The number of methoxy groups -OCH3 is 5. The Bertz CT molecular complexity index is 3930. The summed E-state index contributed by atoms with van der Waals surface area (Å²) in [6.07, 6.45) is 10.1.